The number of nitrogens with zero attached hydrogens (tertiary/aromatic N) is 1. The van der Waals surface area contributed by atoms with Crippen molar-refractivity contribution >= 4 is 17.6 Å². The predicted molar refractivity (Wildman–Crippen MR) is 84.4 cm³/mol. The molecule has 0 aromatic heterocycles. The Hall–Kier alpha value is -2.83. The van der Waals surface area contributed by atoms with Gasteiger partial charge in [0.1, 0.15) is 6.61 Å². The first-order chi connectivity index (χ1) is 11.9. The quantitative estimate of drug-likeness (QED) is 0.805. The normalized spacial score (nSPS) is 14.2. The third-order valence-electron chi connectivity index (χ3n) is 3.90. The van der Waals surface area contributed by atoms with Gasteiger partial charge in [-0.25, -0.2) is 4.79 Å². The molecule has 1 aliphatic heterocycles. The van der Waals surface area contributed by atoms with Crippen molar-refractivity contribution in [2.75, 3.05) is 11.4 Å². The van der Waals surface area contributed by atoms with E-state index in [9.17, 15) is 22.8 Å². The first-order valence-electron chi connectivity index (χ1n) is 7.59. The summed E-state index contributed by atoms with van der Waals surface area (Å²) < 4.78 is 44.0. The van der Waals surface area contributed by atoms with E-state index >= 15 is 0 Å². The van der Waals surface area contributed by atoms with E-state index in [0.29, 0.717) is 0 Å². The number of hydrogen-bond donors (Lipinski definition) is 0. The van der Waals surface area contributed by atoms with Crippen LogP contribution in [-0.2, 0) is 17.5 Å². The zero-order valence-electron chi connectivity index (χ0n) is 13.0. The minimum Gasteiger partial charge on any atom is -0.444 e. The van der Waals surface area contributed by atoms with Gasteiger partial charge in [-0.3, -0.25) is 9.69 Å². The molecule has 0 fully saturated rings. The van der Waals surface area contributed by atoms with Crippen LogP contribution in [0.25, 0.3) is 0 Å². The lowest BCUT2D eigenvalue weighted by Crippen LogP contribution is -2.38. The zero-order chi connectivity index (χ0) is 18.0. The topological polar surface area (TPSA) is 46.6 Å². The van der Waals surface area contributed by atoms with E-state index in [-0.39, 0.29) is 36.6 Å². The summed E-state index contributed by atoms with van der Waals surface area (Å²) in [6.45, 7) is -0.0147. The van der Waals surface area contributed by atoms with Gasteiger partial charge in [0, 0.05) is 18.5 Å². The molecule has 0 atom stereocenters. The lowest BCUT2D eigenvalue weighted by Gasteiger charge is -2.28. The first-order valence-corrected chi connectivity index (χ1v) is 7.59. The van der Waals surface area contributed by atoms with Crippen molar-refractivity contribution in [3.8, 4) is 0 Å². The molecular weight excluding hydrogens is 335 g/mol. The molecule has 1 aliphatic rings. The molecule has 130 valence electrons. The lowest BCUT2D eigenvalue weighted by molar-refractivity contribution is -0.137. The summed E-state index contributed by atoms with van der Waals surface area (Å²) in [4.78, 5) is 25.3. The summed E-state index contributed by atoms with van der Waals surface area (Å²) in [6, 6.07) is 11.7. The van der Waals surface area contributed by atoms with Gasteiger partial charge >= 0.3 is 12.3 Å². The van der Waals surface area contributed by atoms with Gasteiger partial charge in [-0.2, -0.15) is 13.2 Å². The standard InChI is InChI=1S/C18H14F3NO3/c19-18(20,21)13-6-7-14-15(10-13)22(9-8-16(14)23)17(24)25-11-12-4-2-1-3-5-12/h1-7,10H,8-9,11H2. The number of benzene rings is 2. The molecule has 25 heavy (non-hydrogen) atoms. The van der Waals surface area contributed by atoms with E-state index in [2.05, 4.69) is 0 Å². The van der Waals surface area contributed by atoms with E-state index in [1.54, 1.807) is 24.3 Å². The minimum absolute atomic E-state index is 0.00157. The highest BCUT2D eigenvalue weighted by Gasteiger charge is 2.35. The monoisotopic (exact) mass is 349 g/mol. The van der Waals surface area contributed by atoms with Gasteiger partial charge in [0.05, 0.1) is 11.3 Å². The number of amides is 1. The third-order valence-corrected chi connectivity index (χ3v) is 3.90. The van der Waals surface area contributed by atoms with Crippen LogP contribution >= 0.6 is 0 Å². The molecule has 2 aromatic carbocycles. The number of alkyl halides is 3. The summed E-state index contributed by atoms with van der Waals surface area (Å²) in [5.41, 5.74) is -0.130. The predicted octanol–water partition coefficient (Wildman–Crippen LogP) is 4.44. The van der Waals surface area contributed by atoms with Gasteiger partial charge in [-0.1, -0.05) is 30.3 Å². The Kier molecular flexibility index (Phi) is 4.48. The Labute approximate surface area is 141 Å². The Morgan fingerprint density at radius 2 is 1.84 bits per heavy atom. The van der Waals surface area contributed by atoms with E-state index < -0.39 is 17.8 Å². The fourth-order valence-corrected chi connectivity index (χ4v) is 2.62. The van der Waals surface area contributed by atoms with Gasteiger partial charge in [-0.15, -0.1) is 0 Å². The molecule has 0 spiro atoms. The van der Waals surface area contributed by atoms with Crippen molar-refractivity contribution in [1.29, 1.82) is 0 Å². The van der Waals surface area contributed by atoms with Crippen molar-refractivity contribution in [1.82, 2.24) is 0 Å². The molecule has 0 bridgehead atoms. The van der Waals surface area contributed by atoms with Gasteiger partial charge < -0.3 is 4.74 Å². The van der Waals surface area contributed by atoms with Crippen molar-refractivity contribution in [2.45, 2.75) is 19.2 Å². The highest BCUT2D eigenvalue weighted by Crippen LogP contribution is 2.35. The number of anilines is 1. The molecule has 3 rings (SSSR count). The largest absolute Gasteiger partial charge is 0.444 e. The van der Waals surface area contributed by atoms with E-state index in [1.165, 1.54) is 0 Å². The average Bonchev–Trinajstić information content (AvgIpc) is 2.60. The van der Waals surface area contributed by atoms with E-state index in [0.717, 1.165) is 28.7 Å². The van der Waals surface area contributed by atoms with Crippen LogP contribution in [0.3, 0.4) is 0 Å². The van der Waals surface area contributed by atoms with Crippen molar-refractivity contribution in [2.24, 2.45) is 0 Å². The number of carbonyl (C=O) groups is 2. The second-order valence-corrected chi connectivity index (χ2v) is 5.59. The molecular formula is C18H14F3NO3. The molecule has 1 amide bonds. The molecule has 7 heteroatoms. The molecule has 2 aromatic rings. The number of Topliss-reactive ketones (excluding diaryl/α,β-unsaturated/α-hetero) is 1. The van der Waals surface area contributed by atoms with Crippen LogP contribution in [0.5, 0.6) is 0 Å². The number of hydrogen-bond acceptors (Lipinski definition) is 3. The van der Waals surface area contributed by atoms with Crippen LogP contribution < -0.4 is 4.90 Å². The van der Waals surface area contributed by atoms with Crippen LogP contribution in [0.4, 0.5) is 23.7 Å². The number of halogens is 3. The summed E-state index contributed by atoms with van der Waals surface area (Å²) in [5, 5.41) is 0. The zero-order valence-corrected chi connectivity index (χ0v) is 13.0. The first kappa shape index (κ1) is 17.0. The summed E-state index contributed by atoms with van der Waals surface area (Å²) in [5.74, 6) is -0.296. The van der Waals surface area contributed by atoms with Gasteiger partial charge in [-0.05, 0) is 23.8 Å². The van der Waals surface area contributed by atoms with E-state index in [1.807, 2.05) is 6.07 Å². The molecule has 0 saturated carbocycles. The average molecular weight is 349 g/mol. The molecule has 4 nitrogen and oxygen atoms in total. The van der Waals surface area contributed by atoms with Gasteiger partial charge in [0.25, 0.3) is 0 Å². The van der Waals surface area contributed by atoms with Crippen molar-refractivity contribution in [3.63, 3.8) is 0 Å². The molecule has 0 aliphatic carbocycles. The molecule has 0 N–H and O–H groups in total. The second-order valence-electron chi connectivity index (χ2n) is 5.59. The molecule has 0 saturated heterocycles. The third kappa shape index (κ3) is 3.65. The lowest BCUT2D eigenvalue weighted by atomic mass is 9.98. The number of ether oxygens (including phenoxy) is 1. The number of ketones is 1. The maximum atomic E-state index is 12.9. The van der Waals surface area contributed by atoms with E-state index in [4.69, 9.17) is 4.74 Å². The van der Waals surface area contributed by atoms with Crippen LogP contribution in [0, 0.1) is 0 Å². The maximum absolute atomic E-state index is 12.9. The van der Waals surface area contributed by atoms with Crippen LogP contribution in [0.2, 0.25) is 0 Å². The van der Waals surface area contributed by atoms with Crippen molar-refractivity contribution < 1.29 is 27.5 Å². The molecule has 1 heterocycles. The highest BCUT2D eigenvalue weighted by atomic mass is 19.4. The maximum Gasteiger partial charge on any atom is 0.416 e. The van der Waals surface area contributed by atoms with Gasteiger partial charge in [0.2, 0.25) is 0 Å². The summed E-state index contributed by atoms with van der Waals surface area (Å²) in [6.07, 6.45) is -5.30. The second kappa shape index (κ2) is 6.58. The number of rotatable bonds is 2. The van der Waals surface area contributed by atoms with Crippen LogP contribution in [0.15, 0.2) is 48.5 Å². The fourth-order valence-electron chi connectivity index (χ4n) is 2.62. The minimum atomic E-state index is -4.56. The summed E-state index contributed by atoms with van der Waals surface area (Å²) in [7, 11) is 0. The molecule has 0 radical (unpaired) electrons. The summed E-state index contributed by atoms with van der Waals surface area (Å²) >= 11 is 0. The number of fused-ring (bicyclic) bond motifs is 1. The Bertz CT molecular complexity index is 803. The van der Waals surface area contributed by atoms with Crippen LogP contribution in [-0.4, -0.2) is 18.4 Å². The Balaban J connectivity index is 1.84. The highest BCUT2D eigenvalue weighted by molar-refractivity contribution is 6.07. The Morgan fingerprint density at radius 3 is 2.52 bits per heavy atom. The van der Waals surface area contributed by atoms with Crippen molar-refractivity contribution in [3.05, 3.63) is 65.2 Å². The smallest absolute Gasteiger partial charge is 0.416 e. The van der Waals surface area contributed by atoms with Gasteiger partial charge in [0.15, 0.2) is 5.78 Å². The molecule has 0 unspecified atom stereocenters. The fraction of sp³-hybridized carbons (Fsp3) is 0.222. The Morgan fingerprint density at radius 1 is 1.12 bits per heavy atom. The van der Waals surface area contributed by atoms with Crippen LogP contribution in [0.1, 0.15) is 27.9 Å². The SMILES string of the molecule is O=C1CCN(C(=O)OCc2ccccc2)c2cc(C(F)(F)F)ccc21. The number of carbonyl (C=O) groups excluding carboxylic acids is 2.